The van der Waals surface area contributed by atoms with E-state index in [9.17, 15) is 14.4 Å². The van der Waals surface area contributed by atoms with Gasteiger partial charge in [0.15, 0.2) is 11.5 Å². The van der Waals surface area contributed by atoms with Crippen LogP contribution < -0.4 is 19.5 Å². The smallest absolute Gasteiger partial charge is 0.262 e. The second-order valence-corrected chi connectivity index (χ2v) is 8.12. The van der Waals surface area contributed by atoms with Crippen molar-refractivity contribution in [1.82, 2.24) is 9.88 Å². The number of benzene rings is 3. The number of aromatic nitrogens is 1. The van der Waals surface area contributed by atoms with Crippen molar-refractivity contribution in [2.24, 2.45) is 0 Å². The second kappa shape index (κ2) is 9.42. The second-order valence-electron chi connectivity index (χ2n) is 8.12. The molecule has 8 nitrogen and oxygen atoms in total. The van der Waals surface area contributed by atoms with Crippen molar-refractivity contribution in [2.45, 2.75) is 6.61 Å². The molecule has 180 valence electrons. The zero-order chi connectivity index (χ0) is 25.2. The van der Waals surface area contributed by atoms with Crippen LogP contribution in [0.25, 0.3) is 16.5 Å². The van der Waals surface area contributed by atoms with Gasteiger partial charge in [-0.3, -0.25) is 24.3 Å². The molecule has 1 N–H and O–H groups in total. The van der Waals surface area contributed by atoms with E-state index in [4.69, 9.17) is 14.2 Å². The average molecular weight is 482 g/mol. The highest BCUT2D eigenvalue weighted by Gasteiger charge is 2.27. The van der Waals surface area contributed by atoms with Crippen molar-refractivity contribution in [3.63, 3.8) is 0 Å². The van der Waals surface area contributed by atoms with Gasteiger partial charge in [0.25, 0.3) is 17.7 Å². The molecule has 5 rings (SSSR count). The van der Waals surface area contributed by atoms with Crippen LogP contribution in [0.4, 0.5) is 0 Å². The third-order valence-corrected chi connectivity index (χ3v) is 5.92. The Bertz CT molecular complexity index is 1530. The standard InChI is InChI=1S/C28H22N2O6/c1-34-24-11-8-18(12-25(24)35-2)28(33)30-15-22(21-14-26(31)29-27(21)32)20-13-19(9-10-23(20)30)36-16-17-6-4-3-5-7-17/h3-15H,16H2,1-2H3,(H,29,31,32). The Balaban J connectivity index is 1.58. The molecule has 3 aromatic carbocycles. The number of imide groups is 1. The molecule has 2 amide bonds. The Hall–Kier alpha value is -4.85. The van der Waals surface area contributed by atoms with Crippen LogP contribution in [0, 0.1) is 0 Å². The van der Waals surface area contributed by atoms with E-state index in [1.165, 1.54) is 24.9 Å². The zero-order valence-electron chi connectivity index (χ0n) is 19.6. The first kappa shape index (κ1) is 22.9. The molecule has 0 unspecified atom stereocenters. The molecule has 0 saturated carbocycles. The first-order valence-corrected chi connectivity index (χ1v) is 11.1. The number of fused-ring (bicyclic) bond motifs is 1. The summed E-state index contributed by atoms with van der Waals surface area (Å²) in [6.45, 7) is 0.356. The maximum atomic E-state index is 13.5. The number of nitrogens with one attached hydrogen (secondary N) is 1. The van der Waals surface area contributed by atoms with E-state index in [-0.39, 0.29) is 11.5 Å². The van der Waals surface area contributed by atoms with Crippen LogP contribution in [-0.4, -0.2) is 36.5 Å². The van der Waals surface area contributed by atoms with Crippen LogP contribution in [0.15, 0.2) is 79.0 Å². The molecule has 0 spiro atoms. The third kappa shape index (κ3) is 4.20. The number of hydrogen-bond acceptors (Lipinski definition) is 6. The van der Waals surface area contributed by atoms with Gasteiger partial charge in [-0.1, -0.05) is 30.3 Å². The van der Waals surface area contributed by atoms with Gasteiger partial charge in [-0.05, 0) is 42.0 Å². The molecule has 0 radical (unpaired) electrons. The quantitative estimate of drug-likeness (QED) is 0.401. The largest absolute Gasteiger partial charge is 0.493 e. The van der Waals surface area contributed by atoms with E-state index < -0.39 is 11.8 Å². The Morgan fingerprint density at radius 1 is 0.917 bits per heavy atom. The van der Waals surface area contributed by atoms with Gasteiger partial charge in [0.1, 0.15) is 12.4 Å². The maximum absolute atomic E-state index is 13.5. The fraction of sp³-hybridized carbons (Fsp3) is 0.107. The lowest BCUT2D eigenvalue weighted by atomic mass is 10.1. The first-order chi connectivity index (χ1) is 17.5. The SMILES string of the molecule is COc1ccc(C(=O)n2cc(C3=CC(=O)NC3=O)c3cc(OCc4ccccc4)ccc32)cc1OC. The number of methoxy groups -OCH3 is 2. The number of rotatable bonds is 7. The highest BCUT2D eigenvalue weighted by molar-refractivity contribution is 6.35. The number of carbonyl (C=O) groups excluding carboxylic acids is 3. The molecule has 0 atom stereocenters. The predicted molar refractivity (Wildman–Crippen MR) is 133 cm³/mol. The van der Waals surface area contributed by atoms with Crippen molar-refractivity contribution in [3.8, 4) is 17.2 Å². The Kier molecular flexibility index (Phi) is 6.00. The van der Waals surface area contributed by atoms with E-state index >= 15 is 0 Å². The molecule has 0 bridgehead atoms. The zero-order valence-corrected chi connectivity index (χ0v) is 19.6. The number of amides is 2. The molecule has 0 fully saturated rings. The summed E-state index contributed by atoms with van der Waals surface area (Å²) in [7, 11) is 3.01. The molecule has 1 aliphatic heterocycles. The minimum Gasteiger partial charge on any atom is -0.493 e. The fourth-order valence-electron chi connectivity index (χ4n) is 4.14. The molecule has 8 heteroatoms. The lowest BCUT2D eigenvalue weighted by molar-refractivity contribution is -0.123. The fourth-order valence-corrected chi connectivity index (χ4v) is 4.14. The van der Waals surface area contributed by atoms with Gasteiger partial charge in [0, 0.05) is 28.8 Å². The summed E-state index contributed by atoms with van der Waals surface area (Å²) in [6.07, 6.45) is 2.80. The van der Waals surface area contributed by atoms with Gasteiger partial charge >= 0.3 is 0 Å². The van der Waals surface area contributed by atoms with E-state index in [0.717, 1.165) is 5.56 Å². The molecular weight excluding hydrogens is 460 g/mol. The normalized spacial score (nSPS) is 12.9. The average Bonchev–Trinajstić information content (AvgIpc) is 3.45. The summed E-state index contributed by atoms with van der Waals surface area (Å²) < 4.78 is 18.0. The molecule has 0 aliphatic carbocycles. The molecule has 2 heterocycles. The van der Waals surface area contributed by atoms with Crippen molar-refractivity contribution in [3.05, 3.63) is 95.7 Å². The van der Waals surface area contributed by atoms with Crippen LogP contribution in [0.1, 0.15) is 21.5 Å². The maximum Gasteiger partial charge on any atom is 0.262 e. The summed E-state index contributed by atoms with van der Waals surface area (Å²) in [5.41, 5.74) is 2.56. The van der Waals surface area contributed by atoms with Gasteiger partial charge in [-0.15, -0.1) is 0 Å². The van der Waals surface area contributed by atoms with Crippen molar-refractivity contribution in [2.75, 3.05) is 14.2 Å². The monoisotopic (exact) mass is 482 g/mol. The molecule has 1 aliphatic rings. The summed E-state index contributed by atoms with van der Waals surface area (Å²) in [5.74, 6) is 0.121. The topological polar surface area (TPSA) is 95.9 Å². The van der Waals surface area contributed by atoms with Crippen molar-refractivity contribution < 1.29 is 28.6 Å². The van der Waals surface area contributed by atoms with Gasteiger partial charge in [0.05, 0.1) is 25.3 Å². The van der Waals surface area contributed by atoms with E-state index in [2.05, 4.69) is 5.32 Å². The van der Waals surface area contributed by atoms with Crippen molar-refractivity contribution >= 4 is 34.2 Å². The summed E-state index contributed by atoms with van der Waals surface area (Å²) in [4.78, 5) is 37.9. The van der Waals surface area contributed by atoms with Gasteiger partial charge in [0.2, 0.25) is 0 Å². The molecular formula is C28H22N2O6. The number of hydrogen-bond donors (Lipinski definition) is 1. The van der Waals surface area contributed by atoms with Crippen LogP contribution in [0.2, 0.25) is 0 Å². The highest BCUT2D eigenvalue weighted by atomic mass is 16.5. The number of carbonyl (C=O) groups is 3. The van der Waals surface area contributed by atoms with Gasteiger partial charge in [-0.25, -0.2) is 0 Å². The number of nitrogens with zero attached hydrogens (tertiary/aromatic N) is 1. The minimum absolute atomic E-state index is 0.184. The van der Waals surface area contributed by atoms with Crippen LogP contribution in [0.3, 0.4) is 0 Å². The summed E-state index contributed by atoms with van der Waals surface area (Å²) >= 11 is 0. The predicted octanol–water partition coefficient (Wildman–Crippen LogP) is 3.97. The van der Waals surface area contributed by atoms with E-state index in [0.29, 0.717) is 45.9 Å². The Morgan fingerprint density at radius 2 is 1.69 bits per heavy atom. The van der Waals surface area contributed by atoms with Gasteiger partial charge in [-0.2, -0.15) is 0 Å². The molecule has 0 saturated heterocycles. The summed E-state index contributed by atoms with van der Waals surface area (Å²) in [5, 5.41) is 2.87. The Labute approximate surface area is 206 Å². The van der Waals surface area contributed by atoms with Gasteiger partial charge < -0.3 is 14.2 Å². The van der Waals surface area contributed by atoms with Crippen LogP contribution in [0.5, 0.6) is 17.2 Å². The molecule has 36 heavy (non-hydrogen) atoms. The van der Waals surface area contributed by atoms with Crippen LogP contribution in [-0.2, 0) is 16.2 Å². The van der Waals surface area contributed by atoms with E-state index in [1.54, 1.807) is 42.6 Å². The summed E-state index contributed by atoms with van der Waals surface area (Å²) in [6, 6.07) is 19.9. The van der Waals surface area contributed by atoms with Crippen LogP contribution >= 0.6 is 0 Å². The minimum atomic E-state index is -0.520. The van der Waals surface area contributed by atoms with E-state index in [1.807, 2.05) is 30.3 Å². The third-order valence-electron chi connectivity index (χ3n) is 5.92. The molecule has 1 aromatic heterocycles. The van der Waals surface area contributed by atoms with Crippen molar-refractivity contribution in [1.29, 1.82) is 0 Å². The number of ether oxygens (including phenoxy) is 3. The Morgan fingerprint density at radius 3 is 2.39 bits per heavy atom. The molecule has 4 aromatic rings. The lowest BCUT2D eigenvalue weighted by Gasteiger charge is -2.10. The first-order valence-electron chi connectivity index (χ1n) is 11.1. The highest BCUT2D eigenvalue weighted by Crippen LogP contribution is 2.34. The lowest BCUT2D eigenvalue weighted by Crippen LogP contribution is -2.21.